The summed E-state index contributed by atoms with van der Waals surface area (Å²) in [6.07, 6.45) is 0. The lowest BCUT2D eigenvalue weighted by atomic mass is 10.1. The first-order chi connectivity index (χ1) is 14.9. The van der Waals surface area contributed by atoms with Gasteiger partial charge < -0.3 is 5.32 Å². The van der Waals surface area contributed by atoms with Crippen molar-refractivity contribution in [2.75, 3.05) is 18.0 Å². The second kappa shape index (κ2) is 8.57. The molecule has 7 nitrogen and oxygen atoms in total. The first-order valence-corrected chi connectivity index (χ1v) is 10.4. The van der Waals surface area contributed by atoms with Crippen LogP contribution in [-0.2, 0) is 0 Å². The summed E-state index contributed by atoms with van der Waals surface area (Å²) < 4.78 is 13.1. The standard InChI is InChI=1S/C22H19FN4O3S/c1-13-12-15(4-7-17(13)27-11-10-24-22(27)30)20(28)25-26-21(29)19-9-8-18(31-19)14-2-5-16(23)6-3-14/h2-9,12H,10-11H2,1H3,(H,24,30)(H,25,28)(H,26,29). The third-order valence-electron chi connectivity index (χ3n) is 4.85. The predicted molar refractivity (Wildman–Crippen MR) is 117 cm³/mol. The lowest BCUT2D eigenvalue weighted by Crippen LogP contribution is -2.41. The Morgan fingerprint density at radius 2 is 1.77 bits per heavy atom. The summed E-state index contributed by atoms with van der Waals surface area (Å²) >= 11 is 1.24. The number of benzene rings is 2. The molecule has 2 aromatic carbocycles. The Labute approximate surface area is 181 Å². The van der Waals surface area contributed by atoms with E-state index in [2.05, 4.69) is 16.2 Å². The summed E-state index contributed by atoms with van der Waals surface area (Å²) in [5, 5.41) is 2.74. The monoisotopic (exact) mass is 438 g/mol. The molecular weight excluding hydrogens is 419 g/mol. The summed E-state index contributed by atoms with van der Waals surface area (Å²) in [5.41, 5.74) is 7.49. The van der Waals surface area contributed by atoms with E-state index in [9.17, 15) is 18.8 Å². The minimum Gasteiger partial charge on any atom is -0.336 e. The van der Waals surface area contributed by atoms with Gasteiger partial charge in [-0.25, -0.2) is 9.18 Å². The van der Waals surface area contributed by atoms with Crippen LogP contribution in [0.15, 0.2) is 54.6 Å². The van der Waals surface area contributed by atoms with E-state index in [0.717, 1.165) is 21.7 Å². The van der Waals surface area contributed by atoms with Crippen LogP contribution in [0, 0.1) is 12.7 Å². The minimum absolute atomic E-state index is 0.163. The largest absolute Gasteiger partial charge is 0.336 e. The van der Waals surface area contributed by atoms with Crippen LogP contribution in [0.2, 0.25) is 0 Å². The molecule has 4 amide bonds. The Morgan fingerprint density at radius 1 is 1.03 bits per heavy atom. The number of nitrogens with zero attached hydrogens (tertiary/aromatic N) is 1. The first kappa shape index (κ1) is 20.5. The van der Waals surface area contributed by atoms with E-state index < -0.39 is 11.8 Å². The molecule has 2 heterocycles. The van der Waals surface area contributed by atoms with Crippen LogP contribution >= 0.6 is 11.3 Å². The summed E-state index contributed by atoms with van der Waals surface area (Å²) in [6, 6.07) is 14.2. The van der Waals surface area contributed by atoms with Crippen molar-refractivity contribution in [2.24, 2.45) is 0 Å². The van der Waals surface area contributed by atoms with Gasteiger partial charge in [-0.05, 0) is 60.5 Å². The topological polar surface area (TPSA) is 90.5 Å². The number of carbonyl (C=O) groups excluding carboxylic acids is 3. The maximum atomic E-state index is 13.1. The van der Waals surface area contributed by atoms with E-state index in [1.807, 2.05) is 6.92 Å². The number of hydrazine groups is 1. The summed E-state index contributed by atoms with van der Waals surface area (Å²) in [5.74, 6) is -1.24. The predicted octanol–water partition coefficient (Wildman–Crippen LogP) is 3.47. The molecule has 0 atom stereocenters. The number of hydrogen-bond acceptors (Lipinski definition) is 4. The smallest absolute Gasteiger partial charge is 0.322 e. The average molecular weight is 438 g/mol. The second-order valence-electron chi connectivity index (χ2n) is 6.96. The Bertz CT molecular complexity index is 1160. The normalized spacial score (nSPS) is 13.1. The molecule has 31 heavy (non-hydrogen) atoms. The van der Waals surface area contributed by atoms with Gasteiger partial charge in [-0.3, -0.25) is 25.3 Å². The zero-order chi connectivity index (χ0) is 22.0. The Balaban J connectivity index is 1.38. The van der Waals surface area contributed by atoms with E-state index in [0.29, 0.717) is 23.5 Å². The van der Waals surface area contributed by atoms with Gasteiger partial charge in [-0.2, -0.15) is 0 Å². The van der Waals surface area contributed by atoms with E-state index in [1.165, 1.54) is 23.5 Å². The molecule has 4 rings (SSSR count). The fraction of sp³-hybridized carbons (Fsp3) is 0.136. The van der Waals surface area contributed by atoms with Crippen LogP contribution in [-0.4, -0.2) is 30.9 Å². The molecule has 1 aliphatic rings. The molecule has 1 aromatic heterocycles. The molecule has 0 saturated carbocycles. The molecule has 3 aromatic rings. The molecule has 0 spiro atoms. The van der Waals surface area contributed by atoms with E-state index in [1.54, 1.807) is 47.4 Å². The van der Waals surface area contributed by atoms with Gasteiger partial charge in [-0.15, -0.1) is 11.3 Å². The molecule has 0 bridgehead atoms. The molecule has 1 aliphatic heterocycles. The van der Waals surface area contributed by atoms with Crippen LogP contribution in [0.4, 0.5) is 14.9 Å². The number of urea groups is 1. The van der Waals surface area contributed by atoms with Gasteiger partial charge >= 0.3 is 6.03 Å². The zero-order valence-corrected chi connectivity index (χ0v) is 17.4. The number of rotatable bonds is 4. The average Bonchev–Trinajstić information content (AvgIpc) is 3.42. The molecule has 1 fully saturated rings. The quantitative estimate of drug-likeness (QED) is 0.545. The highest BCUT2D eigenvalue weighted by Crippen LogP contribution is 2.28. The number of hydrogen-bond donors (Lipinski definition) is 3. The van der Waals surface area contributed by atoms with Crippen molar-refractivity contribution in [2.45, 2.75) is 6.92 Å². The van der Waals surface area contributed by atoms with Crippen LogP contribution in [0.3, 0.4) is 0 Å². The van der Waals surface area contributed by atoms with Crippen LogP contribution in [0.5, 0.6) is 0 Å². The number of aryl methyl sites for hydroxylation is 1. The third kappa shape index (κ3) is 4.41. The van der Waals surface area contributed by atoms with Crippen molar-refractivity contribution in [1.82, 2.24) is 16.2 Å². The SMILES string of the molecule is Cc1cc(C(=O)NNC(=O)c2ccc(-c3ccc(F)cc3)s2)ccc1N1CCNC1=O. The van der Waals surface area contributed by atoms with E-state index >= 15 is 0 Å². The minimum atomic E-state index is -0.468. The second-order valence-corrected chi connectivity index (χ2v) is 8.05. The number of anilines is 1. The van der Waals surface area contributed by atoms with Crippen molar-refractivity contribution in [3.05, 3.63) is 76.4 Å². The summed E-state index contributed by atoms with van der Waals surface area (Å²) in [4.78, 5) is 39.5. The first-order valence-electron chi connectivity index (χ1n) is 9.55. The van der Waals surface area contributed by atoms with Gasteiger partial charge in [0.05, 0.1) is 4.88 Å². The fourth-order valence-electron chi connectivity index (χ4n) is 3.28. The van der Waals surface area contributed by atoms with Gasteiger partial charge in [0, 0.05) is 29.2 Å². The van der Waals surface area contributed by atoms with Crippen molar-refractivity contribution in [3.8, 4) is 10.4 Å². The Hall–Kier alpha value is -3.72. The highest BCUT2D eigenvalue weighted by Gasteiger charge is 2.23. The van der Waals surface area contributed by atoms with Crippen LogP contribution < -0.4 is 21.1 Å². The maximum Gasteiger partial charge on any atom is 0.322 e. The highest BCUT2D eigenvalue weighted by atomic mass is 32.1. The third-order valence-corrected chi connectivity index (χ3v) is 5.99. The van der Waals surface area contributed by atoms with Gasteiger partial charge in [0.1, 0.15) is 5.82 Å². The van der Waals surface area contributed by atoms with Crippen LogP contribution in [0.25, 0.3) is 10.4 Å². The lowest BCUT2D eigenvalue weighted by molar-refractivity contribution is 0.0849. The lowest BCUT2D eigenvalue weighted by Gasteiger charge is -2.17. The fourth-order valence-corrected chi connectivity index (χ4v) is 4.18. The van der Waals surface area contributed by atoms with E-state index in [-0.39, 0.29) is 11.8 Å². The maximum absolute atomic E-state index is 13.1. The van der Waals surface area contributed by atoms with Gasteiger partial charge in [0.15, 0.2) is 0 Å². The molecule has 0 radical (unpaired) electrons. The summed E-state index contributed by atoms with van der Waals surface area (Å²) in [6.45, 7) is 2.97. The van der Waals surface area contributed by atoms with Crippen molar-refractivity contribution < 1.29 is 18.8 Å². The molecule has 9 heteroatoms. The Morgan fingerprint density at radius 3 is 2.45 bits per heavy atom. The number of amides is 4. The van der Waals surface area contributed by atoms with Gasteiger partial charge in [0.25, 0.3) is 11.8 Å². The van der Waals surface area contributed by atoms with Gasteiger partial charge in [-0.1, -0.05) is 12.1 Å². The highest BCUT2D eigenvalue weighted by molar-refractivity contribution is 7.17. The molecule has 3 N–H and O–H groups in total. The van der Waals surface area contributed by atoms with Gasteiger partial charge in [0.2, 0.25) is 0 Å². The molecule has 158 valence electrons. The number of thiophene rings is 1. The zero-order valence-electron chi connectivity index (χ0n) is 16.6. The molecular formula is C22H19FN4O3S. The summed E-state index contributed by atoms with van der Waals surface area (Å²) in [7, 11) is 0. The van der Waals surface area contributed by atoms with Crippen LogP contribution in [0.1, 0.15) is 25.6 Å². The van der Waals surface area contributed by atoms with E-state index in [4.69, 9.17) is 0 Å². The van der Waals surface area contributed by atoms with Crippen molar-refractivity contribution in [1.29, 1.82) is 0 Å². The molecule has 0 aliphatic carbocycles. The number of nitrogens with one attached hydrogen (secondary N) is 3. The Kier molecular flexibility index (Phi) is 5.68. The van der Waals surface area contributed by atoms with Crippen molar-refractivity contribution >= 4 is 34.9 Å². The number of carbonyl (C=O) groups is 3. The molecule has 0 unspecified atom stereocenters. The molecule has 1 saturated heterocycles. The number of halogens is 1. The van der Waals surface area contributed by atoms with Crippen molar-refractivity contribution in [3.63, 3.8) is 0 Å².